The average molecular weight is 239 g/mol. The third-order valence-electron chi connectivity index (χ3n) is 4.28. The van der Waals surface area contributed by atoms with Crippen LogP contribution in [-0.4, -0.2) is 25.7 Å². The molecule has 2 fully saturated rings. The number of hydrogen-bond donors (Lipinski definition) is 1. The molecule has 0 unspecified atom stereocenters. The lowest BCUT2D eigenvalue weighted by Gasteiger charge is -2.26. The molecule has 0 aromatic carbocycles. The molecule has 0 radical (unpaired) electrons. The molecule has 0 aromatic heterocycles. The first-order valence-electron chi connectivity index (χ1n) is 6.95. The van der Waals surface area contributed by atoms with Gasteiger partial charge in [0.05, 0.1) is 12.5 Å². The van der Waals surface area contributed by atoms with Crippen molar-refractivity contribution in [1.29, 1.82) is 0 Å². The van der Waals surface area contributed by atoms with Crippen molar-refractivity contribution in [3.8, 4) is 0 Å². The molecular weight excluding hydrogens is 214 g/mol. The monoisotopic (exact) mass is 239 g/mol. The Labute approximate surface area is 104 Å². The quantitative estimate of drug-likeness (QED) is 0.800. The normalized spacial score (nSPS) is 25.6. The molecule has 1 saturated heterocycles. The van der Waals surface area contributed by atoms with E-state index in [1.165, 1.54) is 12.8 Å². The first-order chi connectivity index (χ1) is 8.09. The van der Waals surface area contributed by atoms with Crippen LogP contribution in [0.25, 0.3) is 0 Å². The minimum atomic E-state index is 0.0905. The Bertz CT molecular complexity index is 265. The van der Waals surface area contributed by atoms with Gasteiger partial charge in [-0.15, -0.1) is 0 Å². The Morgan fingerprint density at radius 3 is 2.71 bits per heavy atom. The lowest BCUT2D eigenvalue weighted by Crippen LogP contribution is -2.37. The average Bonchev–Trinajstić information content (AvgIpc) is 3.14. The van der Waals surface area contributed by atoms with Crippen molar-refractivity contribution in [2.45, 2.75) is 46.0 Å². The fourth-order valence-corrected chi connectivity index (χ4v) is 2.67. The van der Waals surface area contributed by atoms with Crippen LogP contribution < -0.4 is 5.32 Å². The largest absolute Gasteiger partial charge is 0.381 e. The molecule has 3 nitrogen and oxygen atoms in total. The molecule has 0 spiro atoms. The highest BCUT2D eigenvalue weighted by Crippen LogP contribution is 2.46. The molecule has 98 valence electrons. The molecule has 0 aromatic rings. The van der Waals surface area contributed by atoms with Crippen LogP contribution in [0, 0.1) is 17.3 Å². The summed E-state index contributed by atoms with van der Waals surface area (Å²) in [6.07, 6.45) is 5.84. The summed E-state index contributed by atoms with van der Waals surface area (Å²) >= 11 is 0. The Hall–Kier alpha value is -0.570. The molecule has 1 saturated carbocycles. The summed E-state index contributed by atoms with van der Waals surface area (Å²) in [6.45, 7) is 6.89. The van der Waals surface area contributed by atoms with E-state index in [9.17, 15) is 4.79 Å². The van der Waals surface area contributed by atoms with E-state index >= 15 is 0 Å². The highest BCUT2D eigenvalue weighted by Gasteiger charge is 2.37. The zero-order valence-electron chi connectivity index (χ0n) is 11.1. The van der Waals surface area contributed by atoms with Gasteiger partial charge in [0.2, 0.25) is 5.91 Å². The number of carbonyl (C=O) groups excluding carboxylic acids is 1. The molecule has 17 heavy (non-hydrogen) atoms. The predicted molar refractivity (Wildman–Crippen MR) is 67.7 cm³/mol. The minimum Gasteiger partial charge on any atom is -0.381 e. The number of carbonyl (C=O) groups is 1. The molecule has 1 N–H and O–H groups in total. The molecule has 1 aliphatic heterocycles. The smallest absolute Gasteiger partial charge is 0.225 e. The molecule has 2 aliphatic rings. The van der Waals surface area contributed by atoms with Gasteiger partial charge in [0.25, 0.3) is 0 Å². The van der Waals surface area contributed by atoms with Gasteiger partial charge in [-0.2, -0.15) is 0 Å². The predicted octanol–water partition coefficient (Wildman–Crippen LogP) is 2.36. The standard InChI is InChI=1S/C14H25NO2/c1-14(2,12-5-6-12)7-8-15-13(16)11-4-3-9-17-10-11/h11-12H,3-10H2,1-2H3,(H,15,16)/t11-/m0/s1. The molecule has 3 heteroatoms. The van der Waals surface area contributed by atoms with Gasteiger partial charge in [0, 0.05) is 13.2 Å². The van der Waals surface area contributed by atoms with Crippen LogP contribution in [0.3, 0.4) is 0 Å². The molecule has 2 rings (SSSR count). The molecular formula is C14H25NO2. The van der Waals surface area contributed by atoms with Crippen molar-refractivity contribution < 1.29 is 9.53 Å². The second kappa shape index (κ2) is 5.38. The summed E-state index contributed by atoms with van der Waals surface area (Å²) in [4.78, 5) is 11.9. The second-order valence-electron chi connectivity index (χ2n) is 6.22. The highest BCUT2D eigenvalue weighted by atomic mass is 16.5. The minimum absolute atomic E-state index is 0.0905. The molecule has 1 amide bonds. The van der Waals surface area contributed by atoms with Crippen molar-refractivity contribution in [1.82, 2.24) is 5.32 Å². The van der Waals surface area contributed by atoms with Crippen molar-refractivity contribution >= 4 is 5.91 Å². The van der Waals surface area contributed by atoms with E-state index < -0.39 is 0 Å². The van der Waals surface area contributed by atoms with Crippen molar-refractivity contribution in [2.75, 3.05) is 19.8 Å². The number of nitrogens with one attached hydrogen (secondary N) is 1. The van der Waals surface area contributed by atoms with Gasteiger partial charge in [-0.25, -0.2) is 0 Å². The number of hydrogen-bond acceptors (Lipinski definition) is 2. The first kappa shape index (κ1) is 12.9. The van der Waals surface area contributed by atoms with Gasteiger partial charge in [0.15, 0.2) is 0 Å². The third-order valence-corrected chi connectivity index (χ3v) is 4.28. The van der Waals surface area contributed by atoms with Gasteiger partial charge in [0.1, 0.15) is 0 Å². The van der Waals surface area contributed by atoms with Gasteiger partial charge in [-0.05, 0) is 43.4 Å². The maximum absolute atomic E-state index is 11.9. The third kappa shape index (κ3) is 3.70. The topological polar surface area (TPSA) is 38.3 Å². The maximum atomic E-state index is 11.9. The van der Waals surface area contributed by atoms with Gasteiger partial charge < -0.3 is 10.1 Å². The molecule has 1 heterocycles. The fourth-order valence-electron chi connectivity index (χ4n) is 2.67. The van der Waals surface area contributed by atoms with E-state index in [1.807, 2.05) is 0 Å². The van der Waals surface area contributed by atoms with Crippen LogP contribution in [0.2, 0.25) is 0 Å². The summed E-state index contributed by atoms with van der Waals surface area (Å²) in [7, 11) is 0. The Balaban J connectivity index is 1.65. The van der Waals surface area contributed by atoms with E-state index in [-0.39, 0.29) is 11.8 Å². The lowest BCUT2D eigenvalue weighted by atomic mass is 9.84. The highest BCUT2D eigenvalue weighted by molar-refractivity contribution is 5.78. The zero-order valence-corrected chi connectivity index (χ0v) is 11.1. The van der Waals surface area contributed by atoms with Gasteiger partial charge in [-0.1, -0.05) is 13.8 Å². The van der Waals surface area contributed by atoms with Crippen molar-refractivity contribution in [3.63, 3.8) is 0 Å². The van der Waals surface area contributed by atoms with Crippen LogP contribution >= 0.6 is 0 Å². The maximum Gasteiger partial charge on any atom is 0.225 e. The number of rotatable bonds is 5. The van der Waals surface area contributed by atoms with Crippen LogP contribution in [0.4, 0.5) is 0 Å². The van der Waals surface area contributed by atoms with E-state index in [1.54, 1.807) is 0 Å². The number of amides is 1. The SMILES string of the molecule is CC(C)(CCNC(=O)[C@H]1CCCOC1)C1CC1. The van der Waals surface area contributed by atoms with Crippen molar-refractivity contribution in [2.24, 2.45) is 17.3 Å². The first-order valence-corrected chi connectivity index (χ1v) is 6.95. The lowest BCUT2D eigenvalue weighted by molar-refractivity contribution is -0.129. The van der Waals surface area contributed by atoms with E-state index in [2.05, 4.69) is 19.2 Å². The summed E-state index contributed by atoms with van der Waals surface area (Å²) < 4.78 is 5.34. The van der Waals surface area contributed by atoms with Crippen LogP contribution in [-0.2, 0) is 9.53 Å². The fraction of sp³-hybridized carbons (Fsp3) is 0.929. The summed E-state index contributed by atoms with van der Waals surface area (Å²) in [5.41, 5.74) is 0.399. The van der Waals surface area contributed by atoms with Crippen LogP contribution in [0.1, 0.15) is 46.0 Å². The zero-order chi connectivity index (χ0) is 12.3. The Morgan fingerprint density at radius 1 is 1.35 bits per heavy atom. The van der Waals surface area contributed by atoms with E-state index in [4.69, 9.17) is 4.74 Å². The van der Waals surface area contributed by atoms with Gasteiger partial charge >= 0.3 is 0 Å². The molecule has 1 atom stereocenters. The summed E-state index contributed by atoms with van der Waals surface area (Å²) in [5.74, 6) is 1.17. The van der Waals surface area contributed by atoms with Crippen LogP contribution in [0.5, 0.6) is 0 Å². The Morgan fingerprint density at radius 2 is 2.12 bits per heavy atom. The molecule has 0 bridgehead atoms. The number of ether oxygens (including phenoxy) is 1. The molecule has 1 aliphatic carbocycles. The summed E-state index contributed by atoms with van der Waals surface area (Å²) in [5, 5.41) is 3.07. The van der Waals surface area contributed by atoms with E-state index in [0.717, 1.165) is 38.3 Å². The van der Waals surface area contributed by atoms with Gasteiger partial charge in [-0.3, -0.25) is 4.79 Å². The van der Waals surface area contributed by atoms with Crippen molar-refractivity contribution in [3.05, 3.63) is 0 Å². The second-order valence-corrected chi connectivity index (χ2v) is 6.22. The van der Waals surface area contributed by atoms with E-state index in [0.29, 0.717) is 12.0 Å². The van der Waals surface area contributed by atoms with Crippen LogP contribution in [0.15, 0.2) is 0 Å². The summed E-state index contributed by atoms with van der Waals surface area (Å²) in [6, 6.07) is 0. The Kier molecular flexibility index (Phi) is 4.08.